The molecule has 142 valence electrons. The van der Waals surface area contributed by atoms with E-state index in [1.165, 1.54) is 21.3 Å². The Bertz CT molecular complexity index is 896. The lowest BCUT2D eigenvalue weighted by atomic mass is 10.1. The van der Waals surface area contributed by atoms with Crippen LogP contribution in [0.5, 0.6) is 23.0 Å². The van der Waals surface area contributed by atoms with Crippen LogP contribution in [0.4, 0.5) is 11.4 Å². The predicted octanol–water partition coefficient (Wildman–Crippen LogP) is 2.68. The molecule has 1 atom stereocenters. The molecule has 1 aliphatic heterocycles. The largest absolute Gasteiger partial charge is 0.493 e. The number of carbonyl (C=O) groups is 2. The van der Waals surface area contributed by atoms with E-state index in [1.807, 2.05) is 0 Å². The van der Waals surface area contributed by atoms with Gasteiger partial charge < -0.3 is 29.6 Å². The predicted molar refractivity (Wildman–Crippen MR) is 99.2 cm³/mol. The fraction of sp³-hybridized carbons (Fsp3) is 0.263. The average Bonchev–Trinajstić information content (AvgIpc) is 2.67. The van der Waals surface area contributed by atoms with E-state index in [1.54, 1.807) is 37.3 Å². The van der Waals surface area contributed by atoms with Crippen molar-refractivity contribution in [2.75, 3.05) is 32.0 Å². The van der Waals surface area contributed by atoms with Crippen molar-refractivity contribution in [3.8, 4) is 23.0 Å². The fourth-order valence-electron chi connectivity index (χ4n) is 2.77. The Morgan fingerprint density at radius 2 is 1.81 bits per heavy atom. The van der Waals surface area contributed by atoms with E-state index in [-0.39, 0.29) is 17.2 Å². The highest BCUT2D eigenvalue weighted by molar-refractivity contribution is 6.07. The molecule has 0 spiro atoms. The third-order valence-electron chi connectivity index (χ3n) is 4.12. The molecule has 2 aromatic rings. The van der Waals surface area contributed by atoms with Gasteiger partial charge in [-0.25, -0.2) is 0 Å². The third kappa shape index (κ3) is 3.46. The molecule has 0 fully saturated rings. The number of ether oxygens (including phenoxy) is 4. The Balaban J connectivity index is 1.88. The van der Waals surface area contributed by atoms with Crippen molar-refractivity contribution in [3.05, 3.63) is 35.9 Å². The number of nitrogens with one attached hydrogen (secondary N) is 2. The Kier molecular flexibility index (Phi) is 5.07. The van der Waals surface area contributed by atoms with Crippen molar-refractivity contribution >= 4 is 23.2 Å². The summed E-state index contributed by atoms with van der Waals surface area (Å²) < 4.78 is 21.4. The number of anilines is 2. The first kappa shape index (κ1) is 18.4. The van der Waals surface area contributed by atoms with Crippen LogP contribution in [0.3, 0.4) is 0 Å². The second kappa shape index (κ2) is 7.45. The maximum atomic E-state index is 12.7. The number of rotatable bonds is 5. The molecule has 8 heteroatoms. The molecular formula is C19H20N2O6. The highest BCUT2D eigenvalue weighted by Crippen LogP contribution is 2.40. The normalized spacial score (nSPS) is 15.1. The molecule has 0 unspecified atom stereocenters. The van der Waals surface area contributed by atoms with Gasteiger partial charge in [-0.1, -0.05) is 0 Å². The molecule has 0 radical (unpaired) electrons. The first-order valence-electron chi connectivity index (χ1n) is 8.20. The van der Waals surface area contributed by atoms with Crippen molar-refractivity contribution in [1.82, 2.24) is 0 Å². The van der Waals surface area contributed by atoms with Crippen LogP contribution in [0.25, 0.3) is 0 Å². The van der Waals surface area contributed by atoms with E-state index >= 15 is 0 Å². The molecule has 0 aliphatic carbocycles. The first-order valence-corrected chi connectivity index (χ1v) is 8.20. The SMILES string of the molecule is COc1ccc(C(=O)Nc2ccc3c(c2)NC(=O)[C@H](C)O3)c(OC)c1OC. The minimum absolute atomic E-state index is 0.243. The molecule has 1 heterocycles. The van der Waals surface area contributed by atoms with Gasteiger partial charge in [-0.05, 0) is 37.3 Å². The van der Waals surface area contributed by atoms with Gasteiger partial charge in [-0.3, -0.25) is 9.59 Å². The quantitative estimate of drug-likeness (QED) is 0.838. The molecule has 2 N–H and O–H groups in total. The number of hydrogen-bond donors (Lipinski definition) is 2. The molecule has 0 saturated heterocycles. The lowest BCUT2D eigenvalue weighted by molar-refractivity contribution is -0.122. The molecule has 1 aliphatic rings. The highest BCUT2D eigenvalue weighted by Gasteiger charge is 2.24. The topological polar surface area (TPSA) is 95.1 Å². The summed E-state index contributed by atoms with van der Waals surface area (Å²) in [6, 6.07) is 8.21. The molecule has 0 aromatic heterocycles. The van der Waals surface area contributed by atoms with Gasteiger partial charge in [0.15, 0.2) is 17.6 Å². The van der Waals surface area contributed by atoms with Gasteiger partial charge in [-0.15, -0.1) is 0 Å². The van der Waals surface area contributed by atoms with Gasteiger partial charge in [0.25, 0.3) is 11.8 Å². The molecule has 3 rings (SSSR count). The fourth-order valence-corrected chi connectivity index (χ4v) is 2.77. The van der Waals surface area contributed by atoms with E-state index in [9.17, 15) is 9.59 Å². The van der Waals surface area contributed by atoms with Gasteiger partial charge in [0.2, 0.25) is 5.75 Å². The smallest absolute Gasteiger partial charge is 0.265 e. The van der Waals surface area contributed by atoms with Crippen LogP contribution in [-0.2, 0) is 4.79 Å². The Hall–Kier alpha value is -3.42. The molecule has 27 heavy (non-hydrogen) atoms. The third-order valence-corrected chi connectivity index (χ3v) is 4.12. The standard InChI is InChI=1S/C19H20N2O6/c1-10-18(22)21-13-9-11(5-7-14(13)27-10)20-19(23)12-6-8-15(24-2)17(26-4)16(12)25-3/h5-10H,1-4H3,(H,20,23)(H,21,22)/t10-/m0/s1. The molecule has 2 aromatic carbocycles. The van der Waals surface area contributed by atoms with Crippen molar-refractivity contribution in [1.29, 1.82) is 0 Å². The van der Waals surface area contributed by atoms with Gasteiger partial charge in [0, 0.05) is 5.69 Å². The summed E-state index contributed by atoms with van der Waals surface area (Å²) in [6.07, 6.45) is -0.561. The minimum Gasteiger partial charge on any atom is -0.493 e. The van der Waals surface area contributed by atoms with Crippen LogP contribution in [-0.4, -0.2) is 39.2 Å². The Morgan fingerprint density at radius 1 is 1.07 bits per heavy atom. The number of carbonyl (C=O) groups excluding carboxylic acids is 2. The summed E-state index contributed by atoms with van der Waals surface area (Å²) in [6.45, 7) is 1.66. The first-order chi connectivity index (χ1) is 13.0. The van der Waals surface area contributed by atoms with Crippen molar-refractivity contribution in [2.24, 2.45) is 0 Å². The van der Waals surface area contributed by atoms with Crippen molar-refractivity contribution < 1.29 is 28.5 Å². The maximum absolute atomic E-state index is 12.7. The molecule has 0 saturated carbocycles. The second-order valence-electron chi connectivity index (χ2n) is 5.80. The van der Waals surface area contributed by atoms with Gasteiger partial charge in [-0.2, -0.15) is 0 Å². The van der Waals surface area contributed by atoms with E-state index in [0.717, 1.165) is 0 Å². The zero-order valence-electron chi connectivity index (χ0n) is 15.4. The van der Waals surface area contributed by atoms with E-state index < -0.39 is 12.0 Å². The summed E-state index contributed by atoms with van der Waals surface area (Å²) in [5.41, 5.74) is 1.27. The van der Waals surface area contributed by atoms with Gasteiger partial charge >= 0.3 is 0 Å². The highest BCUT2D eigenvalue weighted by atomic mass is 16.5. The van der Waals surface area contributed by atoms with E-state index in [4.69, 9.17) is 18.9 Å². The van der Waals surface area contributed by atoms with Crippen LogP contribution in [0, 0.1) is 0 Å². The van der Waals surface area contributed by atoms with Crippen LogP contribution >= 0.6 is 0 Å². The van der Waals surface area contributed by atoms with E-state index in [2.05, 4.69) is 10.6 Å². The van der Waals surface area contributed by atoms with Gasteiger partial charge in [0.1, 0.15) is 5.75 Å². The number of amides is 2. The summed E-state index contributed by atoms with van der Waals surface area (Å²) >= 11 is 0. The average molecular weight is 372 g/mol. The van der Waals surface area contributed by atoms with E-state index in [0.29, 0.717) is 28.6 Å². The maximum Gasteiger partial charge on any atom is 0.265 e. The molecule has 8 nitrogen and oxygen atoms in total. The van der Waals surface area contributed by atoms with Crippen molar-refractivity contribution in [3.63, 3.8) is 0 Å². The van der Waals surface area contributed by atoms with Crippen LogP contribution in [0.15, 0.2) is 30.3 Å². The summed E-state index contributed by atoms with van der Waals surface area (Å²) in [5, 5.41) is 5.52. The number of benzene rings is 2. The van der Waals surface area contributed by atoms with Crippen LogP contribution < -0.4 is 29.6 Å². The number of methoxy groups -OCH3 is 3. The second-order valence-corrected chi connectivity index (χ2v) is 5.80. The lowest BCUT2D eigenvalue weighted by Gasteiger charge is -2.23. The van der Waals surface area contributed by atoms with Crippen LogP contribution in [0.2, 0.25) is 0 Å². The summed E-state index contributed by atoms with van der Waals surface area (Å²) in [7, 11) is 4.41. The lowest BCUT2D eigenvalue weighted by Crippen LogP contribution is -2.34. The minimum atomic E-state index is -0.561. The number of fused-ring (bicyclic) bond motifs is 1. The Labute approximate surface area is 156 Å². The molecule has 0 bridgehead atoms. The summed E-state index contributed by atoms with van der Waals surface area (Å²) in [5.74, 6) is 0.944. The zero-order valence-corrected chi connectivity index (χ0v) is 15.4. The monoisotopic (exact) mass is 372 g/mol. The Morgan fingerprint density at radius 3 is 2.48 bits per heavy atom. The number of hydrogen-bond acceptors (Lipinski definition) is 6. The zero-order chi connectivity index (χ0) is 19.6. The summed E-state index contributed by atoms with van der Waals surface area (Å²) in [4.78, 5) is 24.5. The molecule has 2 amide bonds. The van der Waals surface area contributed by atoms with Crippen molar-refractivity contribution in [2.45, 2.75) is 13.0 Å². The van der Waals surface area contributed by atoms with Crippen LogP contribution in [0.1, 0.15) is 17.3 Å². The molecular weight excluding hydrogens is 352 g/mol. The van der Waals surface area contributed by atoms with Gasteiger partial charge in [0.05, 0.1) is 32.6 Å².